The lowest BCUT2D eigenvalue weighted by atomic mass is 9.78. The third-order valence-corrected chi connectivity index (χ3v) is 6.61. The number of piperidine rings is 1. The molecule has 1 amide bonds. The van der Waals surface area contributed by atoms with E-state index < -0.39 is 5.41 Å². The van der Waals surface area contributed by atoms with Crippen LogP contribution < -0.4 is 15.1 Å². The van der Waals surface area contributed by atoms with Crippen LogP contribution in [0.5, 0.6) is 0 Å². The summed E-state index contributed by atoms with van der Waals surface area (Å²) in [6, 6.07) is 7.70. The van der Waals surface area contributed by atoms with E-state index in [9.17, 15) is 4.79 Å². The molecule has 4 rings (SSSR count). The van der Waals surface area contributed by atoms with E-state index in [-0.39, 0.29) is 5.91 Å². The fourth-order valence-electron chi connectivity index (χ4n) is 4.68. The molecule has 2 heterocycles. The first-order valence-corrected chi connectivity index (χ1v) is 11.2. The lowest BCUT2D eigenvalue weighted by Gasteiger charge is -2.30. The third kappa shape index (κ3) is 4.10. The first kappa shape index (κ1) is 20.9. The molecule has 2 aliphatic rings. The van der Waals surface area contributed by atoms with Crippen LogP contribution in [0.25, 0.3) is 0 Å². The largest absolute Gasteiger partial charge is 0.361 e. The van der Waals surface area contributed by atoms with Gasteiger partial charge in [-0.05, 0) is 49.8 Å². The summed E-state index contributed by atoms with van der Waals surface area (Å²) in [4.78, 5) is 27.1. The molecule has 7 heteroatoms. The molecule has 1 aliphatic carbocycles. The first-order valence-electron chi connectivity index (χ1n) is 10.9. The molecule has 0 bridgehead atoms. The van der Waals surface area contributed by atoms with Crippen LogP contribution in [-0.2, 0) is 10.2 Å². The monoisotopic (exact) mass is 427 g/mol. The second-order valence-corrected chi connectivity index (χ2v) is 9.04. The van der Waals surface area contributed by atoms with Crippen molar-refractivity contribution in [3.8, 4) is 0 Å². The van der Waals surface area contributed by atoms with Crippen LogP contribution in [0.3, 0.4) is 0 Å². The van der Waals surface area contributed by atoms with Gasteiger partial charge in [-0.15, -0.1) is 0 Å². The second-order valence-electron chi connectivity index (χ2n) is 8.60. The van der Waals surface area contributed by atoms with E-state index in [2.05, 4.69) is 15.2 Å². The van der Waals surface area contributed by atoms with Gasteiger partial charge in [0, 0.05) is 32.2 Å². The van der Waals surface area contributed by atoms with Crippen molar-refractivity contribution in [3.05, 3.63) is 41.0 Å². The second kappa shape index (κ2) is 8.80. The molecule has 0 atom stereocenters. The summed E-state index contributed by atoms with van der Waals surface area (Å²) < 4.78 is 0. The molecule has 2 fully saturated rings. The SMILES string of the molecule is CN(C)c1nc(N2CCCCC2)ncc1NC(=O)C1(c2ccc(Cl)cc2)CCCC1. The predicted molar refractivity (Wildman–Crippen MR) is 123 cm³/mol. The molecule has 1 saturated heterocycles. The van der Waals surface area contributed by atoms with Crippen LogP contribution in [0.2, 0.25) is 5.02 Å². The third-order valence-electron chi connectivity index (χ3n) is 6.36. The minimum atomic E-state index is -0.528. The summed E-state index contributed by atoms with van der Waals surface area (Å²) in [6.07, 6.45) is 9.12. The Bertz CT molecular complexity index is 887. The van der Waals surface area contributed by atoms with E-state index in [1.54, 1.807) is 6.20 Å². The van der Waals surface area contributed by atoms with E-state index in [1.807, 2.05) is 43.3 Å². The van der Waals surface area contributed by atoms with Gasteiger partial charge in [0.2, 0.25) is 11.9 Å². The highest BCUT2D eigenvalue weighted by atomic mass is 35.5. The van der Waals surface area contributed by atoms with E-state index in [4.69, 9.17) is 16.6 Å². The van der Waals surface area contributed by atoms with Crippen molar-refractivity contribution < 1.29 is 4.79 Å². The molecule has 1 aromatic carbocycles. The van der Waals surface area contributed by atoms with Gasteiger partial charge in [-0.1, -0.05) is 36.6 Å². The highest BCUT2D eigenvalue weighted by Gasteiger charge is 2.43. The number of hydrogen-bond acceptors (Lipinski definition) is 5. The zero-order valence-electron chi connectivity index (χ0n) is 17.8. The van der Waals surface area contributed by atoms with Gasteiger partial charge >= 0.3 is 0 Å². The Morgan fingerprint density at radius 3 is 2.37 bits per heavy atom. The van der Waals surface area contributed by atoms with Gasteiger partial charge in [0.25, 0.3) is 0 Å². The van der Waals surface area contributed by atoms with Crippen molar-refractivity contribution in [2.75, 3.05) is 42.3 Å². The van der Waals surface area contributed by atoms with Gasteiger partial charge in [-0.3, -0.25) is 4.79 Å². The molecule has 0 radical (unpaired) electrons. The Morgan fingerprint density at radius 2 is 1.73 bits per heavy atom. The smallest absolute Gasteiger partial charge is 0.235 e. The number of hydrogen-bond donors (Lipinski definition) is 1. The van der Waals surface area contributed by atoms with E-state index in [1.165, 1.54) is 19.3 Å². The number of carbonyl (C=O) groups is 1. The molecule has 1 aromatic heterocycles. The quantitative estimate of drug-likeness (QED) is 0.753. The number of anilines is 3. The van der Waals surface area contributed by atoms with Crippen LogP contribution in [0.1, 0.15) is 50.5 Å². The van der Waals surface area contributed by atoms with E-state index in [0.29, 0.717) is 10.7 Å². The molecule has 160 valence electrons. The molecular weight excluding hydrogens is 398 g/mol. The lowest BCUT2D eigenvalue weighted by Crippen LogP contribution is -2.38. The highest BCUT2D eigenvalue weighted by molar-refractivity contribution is 6.30. The summed E-state index contributed by atoms with van der Waals surface area (Å²) >= 11 is 6.08. The fraction of sp³-hybridized carbons (Fsp3) is 0.522. The molecular formula is C23H30ClN5O. The Morgan fingerprint density at radius 1 is 1.07 bits per heavy atom. The Hall–Kier alpha value is -2.34. The predicted octanol–water partition coefficient (Wildman–Crippen LogP) is 4.64. The van der Waals surface area contributed by atoms with Gasteiger partial charge < -0.3 is 15.1 Å². The Labute approximate surface area is 183 Å². The van der Waals surface area contributed by atoms with Gasteiger partial charge in [0.15, 0.2) is 5.82 Å². The zero-order chi connectivity index (χ0) is 21.1. The number of amides is 1. The van der Waals surface area contributed by atoms with Crippen LogP contribution in [-0.4, -0.2) is 43.1 Å². The molecule has 1 aliphatic heterocycles. The number of rotatable bonds is 5. The number of nitrogens with one attached hydrogen (secondary N) is 1. The standard InChI is InChI=1S/C23H30ClN5O/c1-28(2)20-19(16-25-22(27-20)29-14-6-3-7-15-29)26-21(30)23(12-4-5-13-23)17-8-10-18(24)11-9-17/h8-11,16H,3-7,12-15H2,1-2H3,(H,26,30). The van der Waals surface area contributed by atoms with Crippen molar-refractivity contribution in [2.24, 2.45) is 0 Å². The van der Waals surface area contributed by atoms with Crippen molar-refractivity contribution in [2.45, 2.75) is 50.4 Å². The molecule has 2 aromatic rings. The molecule has 1 N–H and O–H groups in total. The summed E-state index contributed by atoms with van der Waals surface area (Å²) in [6.45, 7) is 1.97. The summed E-state index contributed by atoms with van der Waals surface area (Å²) in [5.74, 6) is 1.49. The minimum Gasteiger partial charge on any atom is -0.361 e. The first-order chi connectivity index (χ1) is 14.5. The lowest BCUT2D eigenvalue weighted by molar-refractivity contribution is -0.121. The molecule has 1 saturated carbocycles. The number of carbonyl (C=O) groups excluding carboxylic acids is 1. The van der Waals surface area contributed by atoms with Crippen LogP contribution in [0.15, 0.2) is 30.5 Å². The highest BCUT2D eigenvalue weighted by Crippen LogP contribution is 2.42. The Balaban J connectivity index is 1.61. The average molecular weight is 428 g/mol. The topological polar surface area (TPSA) is 61.4 Å². The minimum absolute atomic E-state index is 0.0137. The molecule has 0 unspecified atom stereocenters. The number of halogens is 1. The maximum absolute atomic E-state index is 13.6. The van der Waals surface area contributed by atoms with Gasteiger partial charge in [0.05, 0.1) is 11.6 Å². The van der Waals surface area contributed by atoms with Gasteiger partial charge in [-0.25, -0.2) is 4.98 Å². The molecule has 30 heavy (non-hydrogen) atoms. The van der Waals surface area contributed by atoms with Crippen LogP contribution >= 0.6 is 11.6 Å². The number of aromatic nitrogens is 2. The maximum Gasteiger partial charge on any atom is 0.235 e. The van der Waals surface area contributed by atoms with E-state index >= 15 is 0 Å². The van der Waals surface area contributed by atoms with E-state index in [0.717, 1.165) is 56.1 Å². The Kier molecular flexibility index (Phi) is 6.14. The number of nitrogens with zero attached hydrogens (tertiary/aromatic N) is 4. The van der Waals surface area contributed by atoms with Gasteiger partial charge in [0.1, 0.15) is 5.69 Å². The van der Waals surface area contributed by atoms with Crippen molar-refractivity contribution in [1.82, 2.24) is 9.97 Å². The van der Waals surface area contributed by atoms with Gasteiger partial charge in [-0.2, -0.15) is 4.98 Å². The van der Waals surface area contributed by atoms with Crippen molar-refractivity contribution in [1.29, 1.82) is 0 Å². The normalized spacial score (nSPS) is 18.3. The summed E-state index contributed by atoms with van der Waals surface area (Å²) in [5, 5.41) is 3.84. The fourth-order valence-corrected chi connectivity index (χ4v) is 4.80. The van der Waals surface area contributed by atoms with Crippen LogP contribution in [0, 0.1) is 0 Å². The number of benzene rings is 1. The summed E-state index contributed by atoms with van der Waals surface area (Å²) in [5.41, 5.74) is 1.16. The average Bonchev–Trinajstić information content (AvgIpc) is 3.26. The van der Waals surface area contributed by atoms with Crippen molar-refractivity contribution in [3.63, 3.8) is 0 Å². The van der Waals surface area contributed by atoms with Crippen LogP contribution in [0.4, 0.5) is 17.5 Å². The zero-order valence-corrected chi connectivity index (χ0v) is 18.6. The molecule has 6 nitrogen and oxygen atoms in total. The molecule has 0 spiro atoms. The maximum atomic E-state index is 13.6. The van der Waals surface area contributed by atoms with Crippen molar-refractivity contribution >= 4 is 35.0 Å². The summed E-state index contributed by atoms with van der Waals surface area (Å²) in [7, 11) is 3.89.